The van der Waals surface area contributed by atoms with Crippen LogP contribution in [-0.2, 0) is 9.53 Å². The Kier molecular flexibility index (Phi) is 8.42. The molecule has 0 aromatic heterocycles. The first-order valence-corrected chi connectivity index (χ1v) is 9.10. The second kappa shape index (κ2) is 10.0. The fraction of sp³-hybridized carbons (Fsp3) is 0.600. The highest BCUT2D eigenvalue weighted by Gasteiger charge is 2.23. The average molecular weight is 365 g/mol. The van der Waals surface area contributed by atoms with E-state index in [1.165, 1.54) is 0 Å². The van der Waals surface area contributed by atoms with Crippen LogP contribution in [0.5, 0.6) is 11.5 Å². The zero-order chi connectivity index (χ0) is 19.7. The van der Waals surface area contributed by atoms with Crippen molar-refractivity contribution in [2.45, 2.75) is 66.0 Å². The quantitative estimate of drug-likeness (QED) is 0.533. The maximum atomic E-state index is 12.4. The monoisotopic (exact) mass is 365 g/mol. The molecule has 1 rings (SSSR count). The van der Waals surface area contributed by atoms with E-state index in [0.29, 0.717) is 30.3 Å². The molecule has 0 aliphatic carbocycles. The standard InChI is InChI=1S/C20H31NO5/c1-7-9-12-25-16-11-10-15(13-17(16)24-8-2)19(23)26-14(3)18(22)21-20(4,5)6/h10-11,13-14H,7-9,12H2,1-6H3,(H,21,22). The van der Waals surface area contributed by atoms with Crippen LogP contribution in [0.3, 0.4) is 0 Å². The number of unbranched alkanes of at least 4 members (excludes halogenated alkanes) is 1. The van der Waals surface area contributed by atoms with E-state index in [1.54, 1.807) is 25.1 Å². The minimum absolute atomic E-state index is 0.312. The van der Waals surface area contributed by atoms with Gasteiger partial charge in [-0.2, -0.15) is 0 Å². The second-order valence-electron chi connectivity index (χ2n) is 7.08. The number of esters is 1. The molecular weight excluding hydrogens is 334 g/mol. The topological polar surface area (TPSA) is 73.9 Å². The summed E-state index contributed by atoms with van der Waals surface area (Å²) in [5.74, 6) is 0.165. The van der Waals surface area contributed by atoms with Crippen molar-refractivity contribution in [3.05, 3.63) is 23.8 Å². The van der Waals surface area contributed by atoms with Gasteiger partial charge in [-0.15, -0.1) is 0 Å². The Bertz CT molecular complexity index is 607. The van der Waals surface area contributed by atoms with Gasteiger partial charge in [0.15, 0.2) is 17.6 Å². The molecular formula is C20H31NO5. The van der Waals surface area contributed by atoms with E-state index in [9.17, 15) is 9.59 Å². The summed E-state index contributed by atoms with van der Waals surface area (Å²) in [6.07, 6.45) is 1.08. The SMILES string of the molecule is CCCCOc1ccc(C(=O)OC(C)C(=O)NC(C)(C)C)cc1OCC. The van der Waals surface area contributed by atoms with E-state index in [1.807, 2.05) is 27.7 Å². The first kappa shape index (κ1) is 21.8. The van der Waals surface area contributed by atoms with Gasteiger partial charge in [0.25, 0.3) is 5.91 Å². The highest BCUT2D eigenvalue weighted by atomic mass is 16.5. The van der Waals surface area contributed by atoms with Crippen LogP contribution in [0.1, 0.15) is 64.7 Å². The van der Waals surface area contributed by atoms with Crippen LogP contribution in [-0.4, -0.2) is 36.7 Å². The van der Waals surface area contributed by atoms with Crippen LogP contribution >= 0.6 is 0 Å². The molecule has 26 heavy (non-hydrogen) atoms. The molecule has 1 aromatic carbocycles. The van der Waals surface area contributed by atoms with E-state index < -0.39 is 17.6 Å². The van der Waals surface area contributed by atoms with Crippen molar-refractivity contribution < 1.29 is 23.8 Å². The molecule has 0 bridgehead atoms. The van der Waals surface area contributed by atoms with Gasteiger partial charge < -0.3 is 19.5 Å². The van der Waals surface area contributed by atoms with Gasteiger partial charge in [0.2, 0.25) is 0 Å². The summed E-state index contributed by atoms with van der Waals surface area (Å²) in [7, 11) is 0. The Labute approximate surface area is 156 Å². The van der Waals surface area contributed by atoms with Gasteiger partial charge >= 0.3 is 5.97 Å². The lowest BCUT2D eigenvalue weighted by Gasteiger charge is -2.23. The summed E-state index contributed by atoms with van der Waals surface area (Å²) in [6, 6.07) is 4.89. The van der Waals surface area contributed by atoms with E-state index >= 15 is 0 Å². The predicted molar refractivity (Wildman–Crippen MR) is 101 cm³/mol. The van der Waals surface area contributed by atoms with Crippen molar-refractivity contribution in [2.24, 2.45) is 0 Å². The third-order valence-electron chi connectivity index (χ3n) is 3.39. The number of benzene rings is 1. The molecule has 146 valence electrons. The smallest absolute Gasteiger partial charge is 0.339 e. The van der Waals surface area contributed by atoms with Crippen molar-refractivity contribution in [3.8, 4) is 11.5 Å². The number of carbonyl (C=O) groups excluding carboxylic acids is 2. The molecule has 0 spiro atoms. The lowest BCUT2D eigenvalue weighted by molar-refractivity contribution is -0.130. The second-order valence-corrected chi connectivity index (χ2v) is 7.08. The number of ether oxygens (including phenoxy) is 3. The van der Waals surface area contributed by atoms with Crippen LogP contribution in [0, 0.1) is 0 Å². The Morgan fingerprint density at radius 3 is 2.38 bits per heavy atom. The number of rotatable bonds is 9. The predicted octanol–water partition coefficient (Wildman–Crippen LogP) is 3.72. The summed E-state index contributed by atoms with van der Waals surface area (Å²) < 4.78 is 16.5. The first-order chi connectivity index (χ1) is 12.2. The summed E-state index contributed by atoms with van der Waals surface area (Å²) in [6.45, 7) is 12.1. The van der Waals surface area contributed by atoms with Gasteiger partial charge in [-0.1, -0.05) is 13.3 Å². The number of hydrogen-bond donors (Lipinski definition) is 1. The zero-order valence-electron chi connectivity index (χ0n) is 16.7. The minimum atomic E-state index is -0.891. The van der Waals surface area contributed by atoms with Gasteiger partial charge in [0, 0.05) is 5.54 Å². The van der Waals surface area contributed by atoms with Crippen LogP contribution in [0.25, 0.3) is 0 Å². The Hall–Kier alpha value is -2.24. The maximum absolute atomic E-state index is 12.4. The van der Waals surface area contributed by atoms with Crippen molar-refractivity contribution in [2.75, 3.05) is 13.2 Å². The third-order valence-corrected chi connectivity index (χ3v) is 3.39. The highest BCUT2D eigenvalue weighted by molar-refractivity contribution is 5.93. The molecule has 0 radical (unpaired) electrons. The molecule has 1 amide bonds. The Morgan fingerprint density at radius 2 is 1.81 bits per heavy atom. The maximum Gasteiger partial charge on any atom is 0.339 e. The van der Waals surface area contributed by atoms with Crippen molar-refractivity contribution >= 4 is 11.9 Å². The lowest BCUT2D eigenvalue weighted by atomic mass is 10.1. The molecule has 0 aliphatic heterocycles. The molecule has 6 nitrogen and oxygen atoms in total. The van der Waals surface area contributed by atoms with Gasteiger partial charge in [0.1, 0.15) is 0 Å². The van der Waals surface area contributed by atoms with Crippen LogP contribution < -0.4 is 14.8 Å². The van der Waals surface area contributed by atoms with Gasteiger partial charge in [-0.3, -0.25) is 4.79 Å². The van der Waals surface area contributed by atoms with Crippen LogP contribution in [0.15, 0.2) is 18.2 Å². The summed E-state index contributed by atoms with van der Waals surface area (Å²) in [5, 5.41) is 2.78. The van der Waals surface area contributed by atoms with Crippen LogP contribution in [0.2, 0.25) is 0 Å². The third kappa shape index (κ3) is 7.33. The fourth-order valence-electron chi connectivity index (χ4n) is 2.10. The zero-order valence-corrected chi connectivity index (χ0v) is 16.7. The van der Waals surface area contributed by atoms with E-state index in [2.05, 4.69) is 12.2 Å². The summed E-state index contributed by atoms with van der Waals surface area (Å²) >= 11 is 0. The molecule has 1 unspecified atom stereocenters. The van der Waals surface area contributed by atoms with Gasteiger partial charge in [-0.25, -0.2) is 4.79 Å². The first-order valence-electron chi connectivity index (χ1n) is 9.10. The highest BCUT2D eigenvalue weighted by Crippen LogP contribution is 2.29. The molecule has 0 aliphatic rings. The number of carbonyl (C=O) groups is 2. The molecule has 1 atom stereocenters. The van der Waals surface area contributed by atoms with E-state index in [0.717, 1.165) is 12.8 Å². The number of nitrogens with one attached hydrogen (secondary N) is 1. The number of amides is 1. The fourth-order valence-corrected chi connectivity index (χ4v) is 2.10. The van der Waals surface area contributed by atoms with E-state index in [4.69, 9.17) is 14.2 Å². The Morgan fingerprint density at radius 1 is 1.12 bits per heavy atom. The summed E-state index contributed by atoms with van der Waals surface area (Å²) in [5.41, 5.74) is -0.0797. The largest absolute Gasteiger partial charge is 0.490 e. The van der Waals surface area contributed by atoms with Gasteiger partial charge in [-0.05, 0) is 59.2 Å². The van der Waals surface area contributed by atoms with Gasteiger partial charge in [0.05, 0.1) is 18.8 Å². The summed E-state index contributed by atoms with van der Waals surface area (Å²) in [4.78, 5) is 24.4. The van der Waals surface area contributed by atoms with Crippen molar-refractivity contribution in [1.29, 1.82) is 0 Å². The molecule has 0 saturated heterocycles. The number of hydrogen-bond acceptors (Lipinski definition) is 5. The minimum Gasteiger partial charge on any atom is -0.490 e. The molecule has 0 saturated carbocycles. The normalized spacial score (nSPS) is 12.2. The Balaban J connectivity index is 2.81. The molecule has 0 fully saturated rings. The lowest BCUT2D eigenvalue weighted by Crippen LogP contribution is -2.46. The molecule has 1 N–H and O–H groups in total. The molecule has 6 heteroatoms. The average Bonchev–Trinajstić information content (AvgIpc) is 2.54. The van der Waals surface area contributed by atoms with Crippen molar-refractivity contribution in [3.63, 3.8) is 0 Å². The molecule has 0 heterocycles. The van der Waals surface area contributed by atoms with E-state index in [-0.39, 0.29) is 5.91 Å². The van der Waals surface area contributed by atoms with Crippen molar-refractivity contribution in [1.82, 2.24) is 5.32 Å². The van der Waals surface area contributed by atoms with Crippen LogP contribution in [0.4, 0.5) is 0 Å². The molecule has 1 aromatic rings.